The molecule has 1 aromatic carbocycles. The van der Waals surface area contributed by atoms with Crippen LogP contribution in [0.2, 0.25) is 0 Å². The van der Waals surface area contributed by atoms with Crippen LogP contribution in [0.25, 0.3) is 17.3 Å². The van der Waals surface area contributed by atoms with Gasteiger partial charge in [0, 0.05) is 48.0 Å². The second-order valence-electron chi connectivity index (χ2n) is 8.99. The van der Waals surface area contributed by atoms with Gasteiger partial charge in [0.05, 0.1) is 37.3 Å². The lowest BCUT2D eigenvalue weighted by Crippen LogP contribution is -2.36. The number of pyridine rings is 2. The number of anilines is 3. The molecule has 3 aromatic heterocycles. The van der Waals surface area contributed by atoms with Gasteiger partial charge in [-0.15, -0.1) is 0 Å². The van der Waals surface area contributed by atoms with Crippen LogP contribution in [0.5, 0.6) is 0 Å². The van der Waals surface area contributed by atoms with Crippen molar-refractivity contribution in [2.75, 3.05) is 36.5 Å². The molecule has 0 amide bonds. The summed E-state index contributed by atoms with van der Waals surface area (Å²) in [7, 11) is 0. The zero-order valence-electron chi connectivity index (χ0n) is 20.2. The van der Waals surface area contributed by atoms with Gasteiger partial charge in [-0.25, -0.2) is 4.98 Å². The van der Waals surface area contributed by atoms with Crippen molar-refractivity contribution in [2.24, 2.45) is 0 Å². The van der Waals surface area contributed by atoms with Crippen LogP contribution in [0, 0.1) is 0 Å². The second-order valence-corrected chi connectivity index (χ2v) is 8.99. The van der Waals surface area contributed by atoms with Crippen LogP contribution in [0.4, 0.5) is 17.2 Å². The number of carbonyl (C=O) groups excluding carboxylic acids is 1. The quantitative estimate of drug-likeness (QED) is 0.376. The lowest BCUT2D eigenvalue weighted by atomic mass is 9.97. The topological polar surface area (TPSA) is 97.2 Å². The van der Waals surface area contributed by atoms with Crippen molar-refractivity contribution in [1.29, 1.82) is 0 Å². The maximum absolute atomic E-state index is 11.9. The lowest BCUT2D eigenvalue weighted by molar-refractivity contribution is -0.109. The molecule has 9 heteroatoms. The zero-order valence-corrected chi connectivity index (χ0v) is 20.2. The molecule has 5 heterocycles. The van der Waals surface area contributed by atoms with Gasteiger partial charge in [-0.2, -0.15) is 5.10 Å². The third-order valence-electron chi connectivity index (χ3n) is 6.56. The Morgan fingerprint density at radius 2 is 2.00 bits per heavy atom. The van der Waals surface area contributed by atoms with E-state index in [0.29, 0.717) is 12.4 Å². The van der Waals surface area contributed by atoms with Crippen LogP contribution in [-0.4, -0.2) is 52.3 Å². The highest BCUT2D eigenvalue weighted by atomic mass is 16.5. The molecule has 0 bridgehead atoms. The first-order valence-corrected chi connectivity index (χ1v) is 12.3. The number of nitrogens with zero attached hydrogens (tertiary/aromatic N) is 5. The first-order valence-electron chi connectivity index (χ1n) is 12.3. The normalized spacial score (nSPS) is 16.6. The summed E-state index contributed by atoms with van der Waals surface area (Å²) in [6.07, 6.45) is 10.2. The number of ether oxygens (including phenoxy) is 1. The molecule has 6 rings (SSSR count). The van der Waals surface area contributed by atoms with Gasteiger partial charge in [-0.05, 0) is 60.3 Å². The van der Waals surface area contributed by atoms with Crippen molar-refractivity contribution in [1.82, 2.24) is 25.1 Å². The molecule has 2 N–H and O–H groups in total. The van der Waals surface area contributed by atoms with E-state index in [-0.39, 0.29) is 0 Å². The fraction of sp³-hybridized carbons (Fsp3) is 0.214. The number of nitrogens with one attached hydrogen (secondary N) is 2. The minimum Gasteiger partial charge on any atom is -0.378 e. The molecule has 0 aliphatic carbocycles. The Bertz CT molecular complexity index is 1410. The Hall–Kier alpha value is -4.50. The van der Waals surface area contributed by atoms with Gasteiger partial charge in [0.25, 0.3) is 0 Å². The number of aromatic nitrogens is 4. The van der Waals surface area contributed by atoms with E-state index in [0.717, 1.165) is 72.0 Å². The Balaban J connectivity index is 1.31. The summed E-state index contributed by atoms with van der Waals surface area (Å²) in [5.41, 5.74) is 6.40. The van der Waals surface area contributed by atoms with E-state index in [2.05, 4.69) is 37.7 Å². The van der Waals surface area contributed by atoms with Crippen molar-refractivity contribution < 1.29 is 9.53 Å². The van der Waals surface area contributed by atoms with E-state index in [1.54, 1.807) is 18.6 Å². The first kappa shape index (κ1) is 22.9. The Labute approximate surface area is 214 Å². The molecule has 37 heavy (non-hydrogen) atoms. The van der Waals surface area contributed by atoms with Crippen LogP contribution < -0.4 is 15.5 Å². The third-order valence-corrected chi connectivity index (χ3v) is 6.56. The number of fused-ring (bicyclic) bond motifs is 1. The van der Waals surface area contributed by atoms with Gasteiger partial charge in [0.1, 0.15) is 18.1 Å². The molecule has 0 radical (unpaired) electrons. The van der Waals surface area contributed by atoms with Crippen molar-refractivity contribution in [3.05, 3.63) is 90.1 Å². The molecule has 2 aliphatic rings. The second kappa shape index (κ2) is 10.2. The number of carbonyl (C=O) groups is 1. The monoisotopic (exact) mass is 493 g/mol. The van der Waals surface area contributed by atoms with Crippen LogP contribution in [-0.2, 0) is 16.1 Å². The molecule has 9 nitrogen and oxygen atoms in total. The van der Waals surface area contributed by atoms with Gasteiger partial charge in [0.2, 0.25) is 0 Å². The molecule has 1 saturated heterocycles. The van der Waals surface area contributed by atoms with Crippen LogP contribution in [0.3, 0.4) is 0 Å². The Kier molecular flexibility index (Phi) is 6.35. The fourth-order valence-electron chi connectivity index (χ4n) is 4.67. The molecule has 1 fully saturated rings. The summed E-state index contributed by atoms with van der Waals surface area (Å²) in [6.45, 7) is 3.83. The molecule has 2 aliphatic heterocycles. The number of benzene rings is 1. The molecule has 0 spiro atoms. The van der Waals surface area contributed by atoms with Gasteiger partial charge in [0.15, 0.2) is 0 Å². The van der Waals surface area contributed by atoms with Gasteiger partial charge >= 0.3 is 0 Å². The standard InChI is InChI=1S/C28H27N7O2/c36-19-26-27-20(8-10-30-26)15-25(21-16-31-35(17-21)18-23-3-1-2-9-29-23)33-28(27)32-22-4-6-24(7-5-22)34-11-13-37-14-12-34/h1-10,15-17,19,26,30H,11-14,18H2,(H,32,33). The van der Waals surface area contributed by atoms with Gasteiger partial charge < -0.3 is 25.1 Å². The molecule has 1 atom stereocenters. The van der Waals surface area contributed by atoms with E-state index >= 15 is 0 Å². The van der Waals surface area contributed by atoms with Gasteiger partial charge in [-0.1, -0.05) is 6.07 Å². The predicted molar refractivity (Wildman–Crippen MR) is 143 cm³/mol. The molecule has 4 aromatic rings. The van der Waals surface area contributed by atoms with E-state index in [1.165, 1.54) is 0 Å². The number of rotatable bonds is 7. The Morgan fingerprint density at radius 3 is 2.78 bits per heavy atom. The average Bonchev–Trinajstić information content (AvgIpc) is 3.42. The lowest BCUT2D eigenvalue weighted by Gasteiger charge is -2.29. The summed E-state index contributed by atoms with van der Waals surface area (Å²) in [5, 5.41) is 11.1. The van der Waals surface area contributed by atoms with Crippen molar-refractivity contribution in [3.63, 3.8) is 0 Å². The van der Waals surface area contributed by atoms with E-state index in [1.807, 2.05) is 53.4 Å². The number of aldehydes is 1. The van der Waals surface area contributed by atoms with E-state index in [4.69, 9.17) is 9.72 Å². The molecule has 186 valence electrons. The SMILES string of the molecule is O=CC1NC=Cc2cc(-c3cnn(Cc4ccccn4)c3)nc(Nc3ccc(N4CCOCC4)cc3)c21. The highest BCUT2D eigenvalue weighted by molar-refractivity contribution is 5.80. The van der Waals surface area contributed by atoms with Crippen molar-refractivity contribution >= 4 is 29.6 Å². The number of morpholine rings is 1. The zero-order chi connectivity index (χ0) is 25.0. The van der Waals surface area contributed by atoms with E-state index < -0.39 is 6.04 Å². The summed E-state index contributed by atoms with van der Waals surface area (Å²) in [4.78, 5) is 23.5. The third kappa shape index (κ3) is 4.94. The van der Waals surface area contributed by atoms with Crippen molar-refractivity contribution in [2.45, 2.75) is 12.6 Å². The van der Waals surface area contributed by atoms with Crippen LogP contribution in [0.1, 0.15) is 22.9 Å². The molecular weight excluding hydrogens is 466 g/mol. The summed E-state index contributed by atoms with van der Waals surface area (Å²) >= 11 is 0. The maximum Gasteiger partial charge on any atom is 0.146 e. The molecule has 0 saturated carbocycles. The minimum atomic E-state index is -0.483. The molecular formula is C28H27N7O2. The number of hydrogen-bond acceptors (Lipinski definition) is 8. The van der Waals surface area contributed by atoms with Crippen LogP contribution in [0.15, 0.2) is 73.3 Å². The first-order chi connectivity index (χ1) is 18.3. The minimum absolute atomic E-state index is 0.483. The average molecular weight is 494 g/mol. The highest BCUT2D eigenvalue weighted by Crippen LogP contribution is 2.34. The Morgan fingerprint density at radius 1 is 1.14 bits per heavy atom. The summed E-state index contributed by atoms with van der Waals surface area (Å²) in [6, 6.07) is 15.6. The largest absolute Gasteiger partial charge is 0.378 e. The molecule has 1 unspecified atom stereocenters. The number of hydrogen-bond donors (Lipinski definition) is 2. The van der Waals surface area contributed by atoms with Gasteiger partial charge in [-0.3, -0.25) is 9.67 Å². The van der Waals surface area contributed by atoms with Crippen molar-refractivity contribution in [3.8, 4) is 11.3 Å². The summed E-state index contributed by atoms with van der Waals surface area (Å²) < 4.78 is 7.31. The smallest absolute Gasteiger partial charge is 0.146 e. The fourth-order valence-corrected chi connectivity index (χ4v) is 4.67. The van der Waals surface area contributed by atoms with Crippen LogP contribution >= 0.6 is 0 Å². The summed E-state index contributed by atoms with van der Waals surface area (Å²) in [5.74, 6) is 0.637. The maximum atomic E-state index is 11.9. The highest BCUT2D eigenvalue weighted by Gasteiger charge is 2.23. The van der Waals surface area contributed by atoms with E-state index in [9.17, 15) is 4.79 Å². The predicted octanol–water partition coefficient (Wildman–Crippen LogP) is 3.78.